The van der Waals surface area contributed by atoms with E-state index < -0.39 is 22.9 Å². The highest BCUT2D eigenvalue weighted by Crippen LogP contribution is 2.33. The van der Waals surface area contributed by atoms with Crippen LogP contribution < -0.4 is 10.3 Å². The first-order valence-electron chi connectivity index (χ1n) is 9.99. The number of alkyl halides is 3. The van der Waals surface area contributed by atoms with Crippen LogP contribution in [0.5, 0.6) is 11.5 Å². The van der Waals surface area contributed by atoms with Crippen molar-refractivity contribution in [2.75, 3.05) is 0 Å². The van der Waals surface area contributed by atoms with E-state index in [-0.39, 0.29) is 12.2 Å². The van der Waals surface area contributed by atoms with Crippen LogP contribution in [0.15, 0.2) is 95.8 Å². The smallest absolute Gasteiger partial charge is 0.417 e. The van der Waals surface area contributed by atoms with Crippen LogP contribution >= 0.6 is 0 Å². The molecule has 1 aromatic heterocycles. The summed E-state index contributed by atoms with van der Waals surface area (Å²) in [7, 11) is 0. The summed E-state index contributed by atoms with van der Waals surface area (Å²) < 4.78 is 47.7. The van der Waals surface area contributed by atoms with Crippen LogP contribution in [0.4, 0.5) is 13.2 Å². The number of halogens is 3. The molecule has 0 spiro atoms. The van der Waals surface area contributed by atoms with Crippen molar-refractivity contribution in [3.05, 3.63) is 118 Å². The highest BCUT2D eigenvalue weighted by atomic mass is 19.4. The van der Waals surface area contributed by atoms with Crippen LogP contribution in [0.2, 0.25) is 0 Å². The molecule has 3 aromatic carbocycles. The molecule has 0 unspecified atom stereocenters. The minimum Gasteiger partial charge on any atom is -0.457 e. The SMILES string of the molecule is N#Cc1c(C(F)(F)F)cc(-c2ccccc2)n(Cc2ccc(Oc3ccccc3)cc2)c1=O. The lowest BCUT2D eigenvalue weighted by Gasteiger charge is -2.18. The summed E-state index contributed by atoms with van der Waals surface area (Å²) in [5.74, 6) is 1.24. The molecule has 0 bridgehead atoms. The molecule has 0 aliphatic carbocycles. The van der Waals surface area contributed by atoms with E-state index in [1.807, 2.05) is 30.3 Å². The van der Waals surface area contributed by atoms with E-state index >= 15 is 0 Å². The first-order chi connectivity index (χ1) is 15.9. The van der Waals surface area contributed by atoms with Gasteiger partial charge < -0.3 is 9.30 Å². The number of aromatic nitrogens is 1. The molecular weight excluding hydrogens is 429 g/mol. The monoisotopic (exact) mass is 446 g/mol. The third-order valence-corrected chi connectivity index (χ3v) is 5.03. The van der Waals surface area contributed by atoms with E-state index in [1.165, 1.54) is 10.6 Å². The van der Waals surface area contributed by atoms with Gasteiger partial charge in [-0.25, -0.2) is 0 Å². The zero-order valence-corrected chi connectivity index (χ0v) is 17.2. The third kappa shape index (κ3) is 4.80. The topological polar surface area (TPSA) is 55.0 Å². The van der Waals surface area contributed by atoms with Gasteiger partial charge in [-0.15, -0.1) is 0 Å². The van der Waals surface area contributed by atoms with Gasteiger partial charge in [0.2, 0.25) is 0 Å². The molecule has 164 valence electrons. The lowest BCUT2D eigenvalue weighted by molar-refractivity contribution is -0.137. The Balaban J connectivity index is 1.75. The summed E-state index contributed by atoms with van der Waals surface area (Å²) in [6, 6.07) is 26.7. The van der Waals surface area contributed by atoms with Crippen molar-refractivity contribution in [1.82, 2.24) is 4.57 Å². The van der Waals surface area contributed by atoms with Crippen LogP contribution in [-0.4, -0.2) is 4.57 Å². The molecule has 0 aliphatic heterocycles. The first-order valence-corrected chi connectivity index (χ1v) is 9.99. The number of rotatable bonds is 5. The minimum atomic E-state index is -4.83. The maximum Gasteiger partial charge on any atom is 0.417 e. The van der Waals surface area contributed by atoms with E-state index in [4.69, 9.17) is 4.74 Å². The second kappa shape index (κ2) is 9.05. The van der Waals surface area contributed by atoms with Crippen LogP contribution in [0.3, 0.4) is 0 Å². The summed E-state index contributed by atoms with van der Waals surface area (Å²) in [5, 5.41) is 9.31. The number of para-hydroxylation sites is 1. The van der Waals surface area contributed by atoms with Gasteiger partial charge in [0.25, 0.3) is 5.56 Å². The summed E-state index contributed by atoms with van der Waals surface area (Å²) in [4.78, 5) is 13.0. The highest BCUT2D eigenvalue weighted by molar-refractivity contribution is 5.62. The zero-order valence-electron chi connectivity index (χ0n) is 17.2. The highest BCUT2D eigenvalue weighted by Gasteiger charge is 2.36. The second-order valence-electron chi connectivity index (χ2n) is 7.24. The fourth-order valence-corrected chi connectivity index (χ4v) is 3.45. The fraction of sp³-hybridized carbons (Fsp3) is 0.0769. The van der Waals surface area contributed by atoms with E-state index in [0.29, 0.717) is 22.6 Å². The zero-order chi connectivity index (χ0) is 23.4. The molecule has 4 nitrogen and oxygen atoms in total. The van der Waals surface area contributed by atoms with Crippen molar-refractivity contribution in [2.24, 2.45) is 0 Å². The maximum atomic E-state index is 13.6. The fourth-order valence-electron chi connectivity index (χ4n) is 3.45. The lowest BCUT2D eigenvalue weighted by Crippen LogP contribution is -2.28. The predicted octanol–water partition coefficient (Wildman–Crippen LogP) is 6.25. The predicted molar refractivity (Wildman–Crippen MR) is 118 cm³/mol. The first kappa shape index (κ1) is 21.9. The Morgan fingerprint density at radius 1 is 0.848 bits per heavy atom. The van der Waals surface area contributed by atoms with Gasteiger partial charge in [-0.1, -0.05) is 60.7 Å². The number of nitriles is 1. The molecule has 4 rings (SSSR count). The molecule has 0 aliphatic rings. The van der Waals surface area contributed by atoms with Gasteiger partial charge in [-0.3, -0.25) is 4.79 Å². The van der Waals surface area contributed by atoms with Gasteiger partial charge in [0.15, 0.2) is 0 Å². The van der Waals surface area contributed by atoms with E-state index in [2.05, 4.69) is 0 Å². The van der Waals surface area contributed by atoms with Crippen LogP contribution in [0.1, 0.15) is 16.7 Å². The maximum absolute atomic E-state index is 13.6. The molecule has 0 saturated heterocycles. The van der Waals surface area contributed by atoms with Gasteiger partial charge in [-0.2, -0.15) is 18.4 Å². The number of hydrogen-bond acceptors (Lipinski definition) is 3. The van der Waals surface area contributed by atoms with Gasteiger partial charge in [0, 0.05) is 0 Å². The summed E-state index contributed by atoms with van der Waals surface area (Å²) in [5.41, 5.74) is -1.97. The van der Waals surface area contributed by atoms with Crippen molar-refractivity contribution < 1.29 is 17.9 Å². The molecule has 33 heavy (non-hydrogen) atoms. The second-order valence-corrected chi connectivity index (χ2v) is 7.24. The van der Waals surface area contributed by atoms with Crippen molar-refractivity contribution in [2.45, 2.75) is 12.7 Å². The third-order valence-electron chi connectivity index (χ3n) is 5.03. The van der Waals surface area contributed by atoms with E-state index in [1.54, 1.807) is 54.6 Å². The number of ether oxygens (including phenoxy) is 1. The summed E-state index contributed by atoms with van der Waals surface area (Å²) >= 11 is 0. The summed E-state index contributed by atoms with van der Waals surface area (Å²) in [6.07, 6.45) is -4.83. The average molecular weight is 446 g/mol. The Kier molecular flexibility index (Phi) is 6.01. The number of nitrogens with zero attached hydrogens (tertiary/aromatic N) is 2. The Morgan fingerprint density at radius 2 is 1.42 bits per heavy atom. The molecule has 0 saturated carbocycles. The van der Waals surface area contributed by atoms with Crippen LogP contribution in [0, 0.1) is 11.3 Å². The van der Waals surface area contributed by atoms with Crippen LogP contribution in [-0.2, 0) is 12.7 Å². The van der Waals surface area contributed by atoms with Crippen molar-refractivity contribution in [3.63, 3.8) is 0 Å². The molecule has 0 fully saturated rings. The van der Waals surface area contributed by atoms with Crippen molar-refractivity contribution in [1.29, 1.82) is 5.26 Å². The Morgan fingerprint density at radius 3 is 2.00 bits per heavy atom. The largest absolute Gasteiger partial charge is 0.457 e. The molecule has 0 atom stereocenters. The number of hydrogen-bond donors (Lipinski definition) is 0. The van der Waals surface area contributed by atoms with Crippen molar-refractivity contribution >= 4 is 0 Å². The quantitative estimate of drug-likeness (QED) is 0.364. The number of benzene rings is 3. The Bertz CT molecular complexity index is 1360. The summed E-state index contributed by atoms with van der Waals surface area (Å²) in [6.45, 7) is -0.0124. The van der Waals surface area contributed by atoms with Crippen LogP contribution in [0.25, 0.3) is 11.3 Å². The van der Waals surface area contributed by atoms with E-state index in [0.717, 1.165) is 6.07 Å². The molecule has 1 heterocycles. The lowest BCUT2D eigenvalue weighted by atomic mass is 10.0. The molecule has 0 radical (unpaired) electrons. The minimum absolute atomic E-state index is 0.0124. The average Bonchev–Trinajstić information content (AvgIpc) is 2.82. The Labute approximate surface area is 187 Å². The normalized spacial score (nSPS) is 11.1. The number of pyridine rings is 1. The van der Waals surface area contributed by atoms with Gasteiger partial charge >= 0.3 is 6.18 Å². The van der Waals surface area contributed by atoms with Gasteiger partial charge in [0.1, 0.15) is 23.1 Å². The molecular formula is C26H17F3N2O2. The Hall–Kier alpha value is -4.31. The molecule has 7 heteroatoms. The standard InChI is InChI=1S/C26H17F3N2O2/c27-26(28,29)23-15-24(19-7-3-1-4-8-19)31(25(32)22(23)16-30)17-18-11-13-21(14-12-18)33-20-9-5-2-6-10-20/h1-15H,17H2. The molecule has 0 N–H and O–H groups in total. The van der Waals surface area contributed by atoms with Gasteiger partial charge in [-0.05, 0) is 41.5 Å². The molecule has 4 aromatic rings. The van der Waals surface area contributed by atoms with Crippen molar-refractivity contribution in [3.8, 4) is 28.8 Å². The molecule has 0 amide bonds. The van der Waals surface area contributed by atoms with Gasteiger partial charge in [0.05, 0.1) is 17.8 Å². The van der Waals surface area contributed by atoms with E-state index in [9.17, 15) is 23.2 Å².